The van der Waals surface area contributed by atoms with Gasteiger partial charge in [-0.1, -0.05) is 0 Å². The van der Waals surface area contributed by atoms with E-state index in [-0.39, 0.29) is 6.10 Å². The van der Waals surface area contributed by atoms with Crippen LogP contribution in [0.5, 0.6) is 0 Å². The monoisotopic (exact) mass is 226 g/mol. The first-order valence-corrected chi connectivity index (χ1v) is 5.75. The van der Waals surface area contributed by atoms with Gasteiger partial charge in [-0.3, -0.25) is 4.90 Å². The number of aromatic nitrogens is 1. The number of aryl methyl sites for hydroxylation is 2. The van der Waals surface area contributed by atoms with Gasteiger partial charge in [-0.25, -0.2) is 4.98 Å². The van der Waals surface area contributed by atoms with Gasteiger partial charge >= 0.3 is 0 Å². The molecule has 1 aromatic heterocycles. The number of aliphatic hydroxyl groups is 1. The SMILES string of the molecule is Cc1nc(CN(CC(C)O)C(C)C)oc1C. The highest BCUT2D eigenvalue weighted by molar-refractivity contribution is 5.05. The predicted molar refractivity (Wildman–Crippen MR) is 63.2 cm³/mol. The van der Waals surface area contributed by atoms with Crippen molar-refractivity contribution in [3.63, 3.8) is 0 Å². The van der Waals surface area contributed by atoms with Crippen molar-refractivity contribution in [3.05, 3.63) is 17.3 Å². The largest absolute Gasteiger partial charge is 0.444 e. The first-order valence-electron chi connectivity index (χ1n) is 5.75. The van der Waals surface area contributed by atoms with Crippen molar-refractivity contribution in [1.82, 2.24) is 9.88 Å². The summed E-state index contributed by atoms with van der Waals surface area (Å²) in [6, 6.07) is 0.363. The second-order valence-electron chi connectivity index (χ2n) is 4.62. The zero-order valence-electron chi connectivity index (χ0n) is 10.8. The quantitative estimate of drug-likeness (QED) is 0.833. The van der Waals surface area contributed by atoms with Gasteiger partial charge < -0.3 is 9.52 Å². The van der Waals surface area contributed by atoms with Gasteiger partial charge in [0, 0.05) is 12.6 Å². The van der Waals surface area contributed by atoms with E-state index in [1.165, 1.54) is 0 Å². The van der Waals surface area contributed by atoms with Gasteiger partial charge in [0.25, 0.3) is 0 Å². The van der Waals surface area contributed by atoms with Crippen LogP contribution < -0.4 is 0 Å². The molecule has 0 saturated heterocycles. The van der Waals surface area contributed by atoms with Crippen LogP contribution in [0, 0.1) is 13.8 Å². The van der Waals surface area contributed by atoms with Crippen LogP contribution in [0.4, 0.5) is 0 Å². The number of rotatable bonds is 5. The average molecular weight is 226 g/mol. The van der Waals surface area contributed by atoms with Crippen LogP contribution in [0.2, 0.25) is 0 Å². The number of oxazole rings is 1. The van der Waals surface area contributed by atoms with E-state index in [1.54, 1.807) is 6.92 Å². The third kappa shape index (κ3) is 3.61. The summed E-state index contributed by atoms with van der Waals surface area (Å²) < 4.78 is 5.54. The maximum atomic E-state index is 9.42. The first kappa shape index (κ1) is 13.2. The molecule has 0 bridgehead atoms. The highest BCUT2D eigenvalue weighted by atomic mass is 16.4. The van der Waals surface area contributed by atoms with Crippen LogP contribution in [-0.4, -0.2) is 33.7 Å². The van der Waals surface area contributed by atoms with Crippen molar-refractivity contribution in [2.75, 3.05) is 6.54 Å². The minimum atomic E-state index is -0.334. The van der Waals surface area contributed by atoms with E-state index in [0.717, 1.165) is 17.3 Å². The van der Waals surface area contributed by atoms with E-state index in [9.17, 15) is 5.11 Å². The Morgan fingerprint density at radius 3 is 2.31 bits per heavy atom. The normalized spacial score (nSPS) is 13.8. The first-order chi connectivity index (χ1) is 7.40. The van der Waals surface area contributed by atoms with Crippen LogP contribution >= 0.6 is 0 Å². The Morgan fingerprint density at radius 2 is 1.94 bits per heavy atom. The zero-order valence-corrected chi connectivity index (χ0v) is 10.8. The molecule has 4 heteroatoms. The van der Waals surface area contributed by atoms with Gasteiger partial charge in [0.05, 0.1) is 18.3 Å². The molecule has 0 fully saturated rings. The average Bonchev–Trinajstić information content (AvgIpc) is 2.44. The number of hydrogen-bond acceptors (Lipinski definition) is 4. The van der Waals surface area contributed by atoms with Crippen molar-refractivity contribution in [1.29, 1.82) is 0 Å². The molecule has 1 aromatic rings. The van der Waals surface area contributed by atoms with Gasteiger partial charge in [-0.05, 0) is 34.6 Å². The third-order valence-electron chi connectivity index (χ3n) is 2.64. The lowest BCUT2D eigenvalue weighted by molar-refractivity contribution is 0.0960. The van der Waals surface area contributed by atoms with Crippen molar-refractivity contribution < 1.29 is 9.52 Å². The van der Waals surface area contributed by atoms with E-state index >= 15 is 0 Å². The Balaban J connectivity index is 2.67. The lowest BCUT2D eigenvalue weighted by Crippen LogP contribution is -2.36. The fraction of sp³-hybridized carbons (Fsp3) is 0.750. The Labute approximate surface area is 97.3 Å². The number of nitrogens with zero attached hydrogens (tertiary/aromatic N) is 2. The molecule has 0 saturated carbocycles. The smallest absolute Gasteiger partial charge is 0.208 e. The standard InChI is InChI=1S/C12H22N2O2/c1-8(2)14(6-9(3)15)7-12-13-10(4)11(5)16-12/h8-9,15H,6-7H2,1-5H3. The van der Waals surface area contributed by atoms with E-state index in [1.807, 2.05) is 13.8 Å². The van der Waals surface area contributed by atoms with Gasteiger partial charge in [0.15, 0.2) is 0 Å². The Morgan fingerprint density at radius 1 is 1.31 bits per heavy atom. The number of aliphatic hydroxyl groups excluding tert-OH is 1. The highest BCUT2D eigenvalue weighted by Crippen LogP contribution is 2.12. The molecule has 0 aromatic carbocycles. The van der Waals surface area contributed by atoms with Gasteiger partial charge in [0.1, 0.15) is 5.76 Å². The lowest BCUT2D eigenvalue weighted by Gasteiger charge is -2.26. The molecular weight excluding hydrogens is 204 g/mol. The van der Waals surface area contributed by atoms with Gasteiger partial charge in [-0.15, -0.1) is 0 Å². The van der Waals surface area contributed by atoms with Crippen molar-refractivity contribution in [2.24, 2.45) is 0 Å². The minimum absolute atomic E-state index is 0.334. The second kappa shape index (κ2) is 5.46. The molecule has 0 spiro atoms. The molecule has 0 aliphatic rings. The summed E-state index contributed by atoms with van der Waals surface area (Å²) in [6.07, 6.45) is -0.334. The summed E-state index contributed by atoms with van der Waals surface area (Å²) in [4.78, 5) is 6.50. The molecule has 0 radical (unpaired) electrons. The van der Waals surface area contributed by atoms with E-state index in [2.05, 4.69) is 23.7 Å². The molecular formula is C12H22N2O2. The summed E-state index contributed by atoms with van der Waals surface area (Å²) in [5, 5.41) is 9.42. The molecule has 1 atom stereocenters. The van der Waals surface area contributed by atoms with Crippen molar-refractivity contribution in [3.8, 4) is 0 Å². The fourth-order valence-electron chi connectivity index (χ4n) is 1.58. The molecule has 1 rings (SSSR count). The molecule has 0 amide bonds. The van der Waals surface area contributed by atoms with Gasteiger partial charge in [0.2, 0.25) is 5.89 Å². The molecule has 1 heterocycles. The maximum absolute atomic E-state index is 9.42. The molecule has 0 aliphatic heterocycles. The summed E-state index contributed by atoms with van der Waals surface area (Å²) in [7, 11) is 0. The van der Waals surface area contributed by atoms with Gasteiger partial charge in [-0.2, -0.15) is 0 Å². The molecule has 1 N–H and O–H groups in total. The van der Waals surface area contributed by atoms with Crippen LogP contribution in [0.1, 0.15) is 38.1 Å². The Kier molecular flexibility index (Phi) is 4.50. The Hall–Kier alpha value is -0.870. The summed E-state index contributed by atoms with van der Waals surface area (Å²) in [5.41, 5.74) is 0.941. The van der Waals surface area contributed by atoms with Crippen LogP contribution in [0.3, 0.4) is 0 Å². The topological polar surface area (TPSA) is 49.5 Å². The predicted octanol–water partition coefficient (Wildman–Crippen LogP) is 1.88. The van der Waals surface area contributed by atoms with Crippen LogP contribution in [0.15, 0.2) is 4.42 Å². The van der Waals surface area contributed by atoms with E-state index in [4.69, 9.17) is 4.42 Å². The van der Waals surface area contributed by atoms with Crippen LogP contribution in [0.25, 0.3) is 0 Å². The second-order valence-corrected chi connectivity index (χ2v) is 4.62. The summed E-state index contributed by atoms with van der Waals surface area (Å²) >= 11 is 0. The molecule has 16 heavy (non-hydrogen) atoms. The minimum Gasteiger partial charge on any atom is -0.444 e. The van der Waals surface area contributed by atoms with E-state index < -0.39 is 0 Å². The summed E-state index contributed by atoms with van der Waals surface area (Å²) in [6.45, 7) is 11.1. The molecule has 0 aliphatic carbocycles. The molecule has 1 unspecified atom stereocenters. The maximum Gasteiger partial charge on any atom is 0.208 e. The number of hydrogen-bond donors (Lipinski definition) is 1. The van der Waals surface area contributed by atoms with Crippen LogP contribution in [-0.2, 0) is 6.54 Å². The Bertz CT molecular complexity index is 312. The zero-order chi connectivity index (χ0) is 12.3. The lowest BCUT2D eigenvalue weighted by atomic mass is 10.2. The summed E-state index contributed by atoms with van der Waals surface area (Å²) in [5.74, 6) is 1.60. The highest BCUT2D eigenvalue weighted by Gasteiger charge is 2.16. The van der Waals surface area contributed by atoms with E-state index in [0.29, 0.717) is 19.1 Å². The third-order valence-corrected chi connectivity index (χ3v) is 2.64. The molecule has 4 nitrogen and oxygen atoms in total. The fourth-order valence-corrected chi connectivity index (χ4v) is 1.58. The molecule has 92 valence electrons. The van der Waals surface area contributed by atoms with Crippen molar-refractivity contribution in [2.45, 2.75) is 53.3 Å². The van der Waals surface area contributed by atoms with Crippen molar-refractivity contribution >= 4 is 0 Å².